The average Bonchev–Trinajstić information content (AvgIpc) is 2.87. The number of anilines is 2. The van der Waals surface area contributed by atoms with E-state index in [-0.39, 0.29) is 25.2 Å². The fourth-order valence-corrected chi connectivity index (χ4v) is 3.70. The predicted molar refractivity (Wildman–Crippen MR) is 140 cm³/mol. The molecule has 0 spiro atoms. The Kier molecular flexibility index (Phi) is 9.21. The Balaban J connectivity index is 1.56. The van der Waals surface area contributed by atoms with Crippen molar-refractivity contribution in [1.29, 1.82) is 0 Å². The zero-order valence-electron chi connectivity index (χ0n) is 22.0. The Morgan fingerprint density at radius 3 is 2.24 bits per heavy atom. The van der Waals surface area contributed by atoms with Gasteiger partial charge in [-0.05, 0) is 64.1 Å². The van der Waals surface area contributed by atoms with Gasteiger partial charge in [0, 0.05) is 43.5 Å². The van der Waals surface area contributed by atoms with Crippen LogP contribution in [0.4, 0.5) is 16.2 Å². The predicted octanol–water partition coefficient (Wildman–Crippen LogP) is 3.95. The van der Waals surface area contributed by atoms with Crippen LogP contribution in [0.3, 0.4) is 0 Å². The van der Waals surface area contributed by atoms with Crippen LogP contribution in [0.5, 0.6) is 11.5 Å². The molecule has 0 saturated carbocycles. The Hall–Kier alpha value is -3.95. The SMILES string of the molecule is CCOC(=O)COc1ccc(NC(=O)c2ccc(N3CCN(C(=O)OC(C)(C)C)CC3)cc2)c(OC)c1. The Morgan fingerprint density at radius 1 is 0.973 bits per heavy atom. The van der Waals surface area contributed by atoms with Crippen molar-refractivity contribution in [3.05, 3.63) is 48.0 Å². The molecule has 3 rings (SSSR count). The first-order valence-corrected chi connectivity index (χ1v) is 12.2. The van der Waals surface area contributed by atoms with Gasteiger partial charge in [0.25, 0.3) is 5.91 Å². The largest absolute Gasteiger partial charge is 0.494 e. The summed E-state index contributed by atoms with van der Waals surface area (Å²) in [5.41, 5.74) is 1.41. The number of rotatable bonds is 8. The summed E-state index contributed by atoms with van der Waals surface area (Å²) < 4.78 is 21.1. The van der Waals surface area contributed by atoms with E-state index in [9.17, 15) is 14.4 Å². The summed E-state index contributed by atoms with van der Waals surface area (Å²) in [6, 6.07) is 12.2. The molecule has 10 heteroatoms. The maximum atomic E-state index is 12.8. The third kappa shape index (κ3) is 8.03. The third-order valence-corrected chi connectivity index (χ3v) is 5.51. The van der Waals surface area contributed by atoms with Crippen LogP contribution in [0.25, 0.3) is 0 Å². The van der Waals surface area contributed by atoms with Gasteiger partial charge in [-0.25, -0.2) is 9.59 Å². The van der Waals surface area contributed by atoms with Crippen LogP contribution in [0.15, 0.2) is 42.5 Å². The maximum Gasteiger partial charge on any atom is 0.410 e. The third-order valence-electron chi connectivity index (χ3n) is 5.51. The molecule has 0 aliphatic carbocycles. The zero-order chi connectivity index (χ0) is 27.0. The molecule has 1 N–H and O–H groups in total. The molecule has 1 saturated heterocycles. The smallest absolute Gasteiger partial charge is 0.410 e. The van der Waals surface area contributed by atoms with Gasteiger partial charge in [-0.15, -0.1) is 0 Å². The normalized spacial score (nSPS) is 13.5. The number of ether oxygens (including phenoxy) is 4. The molecule has 1 aliphatic rings. The Bertz CT molecular complexity index is 1090. The molecule has 1 fully saturated rings. The van der Waals surface area contributed by atoms with Gasteiger partial charge in [0.2, 0.25) is 0 Å². The van der Waals surface area contributed by atoms with Crippen LogP contribution in [0, 0.1) is 0 Å². The molecule has 1 aliphatic heterocycles. The molecule has 0 atom stereocenters. The number of piperazine rings is 1. The van der Waals surface area contributed by atoms with Crippen LogP contribution in [0.2, 0.25) is 0 Å². The molecule has 2 amide bonds. The number of carbonyl (C=O) groups excluding carboxylic acids is 3. The molecule has 0 unspecified atom stereocenters. The van der Waals surface area contributed by atoms with Gasteiger partial charge in [0.1, 0.15) is 17.1 Å². The lowest BCUT2D eigenvalue weighted by Gasteiger charge is -2.36. The Morgan fingerprint density at radius 2 is 1.65 bits per heavy atom. The number of hydrogen-bond acceptors (Lipinski definition) is 8. The molecule has 0 radical (unpaired) electrons. The van der Waals surface area contributed by atoms with Crippen molar-refractivity contribution in [2.45, 2.75) is 33.3 Å². The lowest BCUT2D eigenvalue weighted by molar-refractivity contribution is -0.145. The number of amides is 2. The second-order valence-electron chi connectivity index (χ2n) is 9.41. The van der Waals surface area contributed by atoms with Crippen molar-refractivity contribution < 1.29 is 33.3 Å². The van der Waals surface area contributed by atoms with Gasteiger partial charge < -0.3 is 34.1 Å². The molecule has 37 heavy (non-hydrogen) atoms. The summed E-state index contributed by atoms with van der Waals surface area (Å²) in [6.45, 7) is 9.83. The van der Waals surface area contributed by atoms with Crippen molar-refractivity contribution in [3.8, 4) is 11.5 Å². The van der Waals surface area contributed by atoms with E-state index in [1.165, 1.54) is 7.11 Å². The minimum absolute atomic E-state index is 0.217. The topological polar surface area (TPSA) is 107 Å². The number of methoxy groups -OCH3 is 1. The number of benzene rings is 2. The van der Waals surface area contributed by atoms with Crippen molar-refractivity contribution in [2.24, 2.45) is 0 Å². The molecule has 2 aromatic carbocycles. The highest BCUT2D eigenvalue weighted by Gasteiger charge is 2.26. The minimum atomic E-state index is -0.519. The second-order valence-corrected chi connectivity index (χ2v) is 9.41. The highest BCUT2D eigenvalue weighted by molar-refractivity contribution is 6.05. The van der Waals surface area contributed by atoms with Crippen molar-refractivity contribution in [2.75, 3.05) is 56.7 Å². The summed E-state index contributed by atoms with van der Waals surface area (Å²) in [5, 5.41) is 2.84. The van der Waals surface area contributed by atoms with Gasteiger partial charge in [-0.2, -0.15) is 0 Å². The molecule has 0 bridgehead atoms. The van der Waals surface area contributed by atoms with Gasteiger partial charge in [0.05, 0.1) is 19.4 Å². The summed E-state index contributed by atoms with van der Waals surface area (Å²) >= 11 is 0. The Labute approximate surface area is 217 Å². The number of nitrogens with zero attached hydrogens (tertiary/aromatic N) is 2. The van der Waals surface area contributed by atoms with E-state index in [1.54, 1.807) is 42.2 Å². The molecule has 200 valence electrons. The van der Waals surface area contributed by atoms with Crippen molar-refractivity contribution in [1.82, 2.24) is 4.90 Å². The molecule has 2 aromatic rings. The van der Waals surface area contributed by atoms with Gasteiger partial charge >= 0.3 is 12.1 Å². The highest BCUT2D eigenvalue weighted by Crippen LogP contribution is 2.30. The van der Waals surface area contributed by atoms with E-state index in [0.29, 0.717) is 48.9 Å². The van der Waals surface area contributed by atoms with Crippen molar-refractivity contribution >= 4 is 29.3 Å². The van der Waals surface area contributed by atoms with E-state index in [4.69, 9.17) is 18.9 Å². The number of hydrogen-bond donors (Lipinski definition) is 1. The first kappa shape index (κ1) is 27.6. The molecule has 0 aromatic heterocycles. The van der Waals surface area contributed by atoms with E-state index in [2.05, 4.69) is 10.2 Å². The monoisotopic (exact) mass is 513 g/mol. The second kappa shape index (κ2) is 12.3. The first-order chi connectivity index (χ1) is 17.6. The lowest BCUT2D eigenvalue weighted by Crippen LogP contribution is -2.50. The van der Waals surface area contributed by atoms with E-state index in [0.717, 1.165) is 5.69 Å². The van der Waals surface area contributed by atoms with Crippen LogP contribution >= 0.6 is 0 Å². The minimum Gasteiger partial charge on any atom is -0.494 e. The zero-order valence-corrected chi connectivity index (χ0v) is 22.0. The number of esters is 1. The molecular formula is C27H35N3O7. The fraction of sp³-hybridized carbons (Fsp3) is 0.444. The van der Waals surface area contributed by atoms with Crippen molar-refractivity contribution in [3.63, 3.8) is 0 Å². The molecule has 10 nitrogen and oxygen atoms in total. The summed E-state index contributed by atoms with van der Waals surface area (Å²) in [5.74, 6) is 0.0557. The van der Waals surface area contributed by atoms with Crippen LogP contribution in [-0.4, -0.2) is 75.0 Å². The lowest BCUT2D eigenvalue weighted by atomic mass is 10.1. The number of carbonyl (C=O) groups is 3. The van der Waals surface area contributed by atoms with Crippen LogP contribution in [-0.2, 0) is 14.3 Å². The highest BCUT2D eigenvalue weighted by atomic mass is 16.6. The van der Waals surface area contributed by atoms with E-state index >= 15 is 0 Å². The average molecular weight is 514 g/mol. The molecular weight excluding hydrogens is 478 g/mol. The fourth-order valence-electron chi connectivity index (χ4n) is 3.70. The van der Waals surface area contributed by atoms with E-state index < -0.39 is 11.6 Å². The standard InChI is InChI=1S/C27H35N3O7/c1-6-35-24(31)18-36-21-11-12-22(23(17-21)34-5)28-25(32)19-7-9-20(10-8-19)29-13-15-30(16-14-29)26(33)37-27(2,3)4/h7-12,17H,6,13-16,18H2,1-5H3,(H,28,32). The maximum absolute atomic E-state index is 12.8. The van der Waals surface area contributed by atoms with Crippen LogP contribution < -0.4 is 19.7 Å². The van der Waals surface area contributed by atoms with Gasteiger partial charge in [-0.1, -0.05) is 0 Å². The molecule has 1 heterocycles. The summed E-state index contributed by atoms with van der Waals surface area (Å²) in [7, 11) is 1.48. The summed E-state index contributed by atoms with van der Waals surface area (Å²) in [6.07, 6.45) is -0.298. The van der Waals surface area contributed by atoms with Gasteiger partial charge in [-0.3, -0.25) is 4.79 Å². The van der Waals surface area contributed by atoms with Crippen LogP contribution in [0.1, 0.15) is 38.1 Å². The first-order valence-electron chi connectivity index (χ1n) is 12.2. The van der Waals surface area contributed by atoms with Gasteiger partial charge in [0.15, 0.2) is 6.61 Å². The summed E-state index contributed by atoms with van der Waals surface area (Å²) in [4.78, 5) is 40.5. The quantitative estimate of drug-likeness (QED) is 0.529. The van der Waals surface area contributed by atoms with E-state index in [1.807, 2.05) is 32.9 Å². The number of nitrogens with one attached hydrogen (secondary N) is 1.